The Hall–Kier alpha value is -2.37. The fraction of sp³-hybridized carbons (Fsp3) is 0.438. The first-order chi connectivity index (χ1) is 10.2. The van der Waals surface area contributed by atoms with Crippen LogP contribution in [0.2, 0.25) is 0 Å². The Bertz CT molecular complexity index is 530. The van der Waals surface area contributed by atoms with Crippen LogP contribution >= 0.6 is 0 Å². The highest BCUT2D eigenvalue weighted by molar-refractivity contribution is 5.84. The van der Waals surface area contributed by atoms with E-state index >= 15 is 0 Å². The van der Waals surface area contributed by atoms with Gasteiger partial charge in [-0.05, 0) is 52.0 Å². The molecule has 0 bridgehead atoms. The minimum Gasteiger partial charge on any atom is -0.482 e. The largest absolute Gasteiger partial charge is 0.482 e. The Balaban J connectivity index is 2.42. The number of nitrogens with one attached hydrogen (secondary N) is 1. The summed E-state index contributed by atoms with van der Waals surface area (Å²) in [6.45, 7) is 6.70. The van der Waals surface area contributed by atoms with Crippen LogP contribution in [0.1, 0.15) is 38.1 Å². The first-order valence-electron chi connectivity index (χ1n) is 6.91. The third-order valence-electron chi connectivity index (χ3n) is 2.55. The lowest BCUT2D eigenvalue weighted by Crippen LogP contribution is -2.46. The van der Waals surface area contributed by atoms with E-state index in [1.807, 2.05) is 20.8 Å². The Morgan fingerprint density at radius 1 is 1.23 bits per heavy atom. The molecule has 0 radical (unpaired) electrons. The van der Waals surface area contributed by atoms with Gasteiger partial charge in [-0.1, -0.05) is 0 Å². The highest BCUT2D eigenvalue weighted by Crippen LogP contribution is 2.11. The molecule has 1 amide bonds. The van der Waals surface area contributed by atoms with Crippen molar-refractivity contribution in [3.8, 4) is 5.75 Å². The number of hydrogen-bond acceptors (Lipinski definition) is 5. The molecule has 0 spiro atoms. The fourth-order valence-electron chi connectivity index (χ4n) is 1.54. The smallest absolute Gasteiger partial charge is 0.344 e. The molecule has 1 rings (SSSR count). The van der Waals surface area contributed by atoms with Gasteiger partial charge in [0.1, 0.15) is 12.0 Å². The summed E-state index contributed by atoms with van der Waals surface area (Å²) in [7, 11) is 0. The molecule has 0 saturated heterocycles. The molecule has 22 heavy (non-hydrogen) atoms. The van der Waals surface area contributed by atoms with Crippen LogP contribution < -0.4 is 10.1 Å². The molecule has 1 N–H and O–H groups in total. The van der Waals surface area contributed by atoms with Crippen molar-refractivity contribution in [1.29, 1.82) is 0 Å². The average molecular weight is 307 g/mol. The van der Waals surface area contributed by atoms with Gasteiger partial charge in [0.25, 0.3) is 5.91 Å². The van der Waals surface area contributed by atoms with Crippen molar-refractivity contribution in [2.75, 3.05) is 6.61 Å². The third kappa shape index (κ3) is 6.39. The topological polar surface area (TPSA) is 81.7 Å². The molecular formula is C16H21NO5. The van der Waals surface area contributed by atoms with Gasteiger partial charge < -0.3 is 14.8 Å². The van der Waals surface area contributed by atoms with Gasteiger partial charge in [0.05, 0.1) is 0 Å². The molecular weight excluding hydrogens is 286 g/mol. The van der Waals surface area contributed by atoms with E-state index < -0.39 is 17.6 Å². The van der Waals surface area contributed by atoms with E-state index in [0.717, 1.165) is 0 Å². The first kappa shape index (κ1) is 17.7. The number of carbonyl (C=O) groups excluding carboxylic acids is 3. The number of amides is 1. The summed E-state index contributed by atoms with van der Waals surface area (Å²) in [6, 6.07) is 6.31. The van der Waals surface area contributed by atoms with Crippen molar-refractivity contribution in [3.05, 3.63) is 29.8 Å². The van der Waals surface area contributed by atoms with Gasteiger partial charge in [-0.15, -0.1) is 0 Å². The van der Waals surface area contributed by atoms with E-state index in [-0.39, 0.29) is 12.5 Å². The van der Waals surface area contributed by atoms with Gasteiger partial charge in [0.2, 0.25) is 0 Å². The highest BCUT2D eigenvalue weighted by atomic mass is 16.6. The van der Waals surface area contributed by atoms with E-state index in [2.05, 4.69) is 5.32 Å². The second-order valence-corrected chi connectivity index (χ2v) is 5.85. The molecule has 6 heteroatoms. The zero-order valence-electron chi connectivity index (χ0n) is 13.2. The number of esters is 1. The molecule has 6 nitrogen and oxygen atoms in total. The molecule has 1 aromatic rings. The van der Waals surface area contributed by atoms with Gasteiger partial charge in [0, 0.05) is 11.1 Å². The molecule has 0 fully saturated rings. The van der Waals surface area contributed by atoms with Crippen LogP contribution in [0.5, 0.6) is 5.75 Å². The minimum absolute atomic E-state index is 0.312. The van der Waals surface area contributed by atoms with Crippen molar-refractivity contribution >= 4 is 18.2 Å². The van der Waals surface area contributed by atoms with E-state index in [1.54, 1.807) is 24.3 Å². The monoisotopic (exact) mass is 307 g/mol. The van der Waals surface area contributed by atoms with Crippen molar-refractivity contribution in [3.63, 3.8) is 0 Å². The first-order valence-corrected chi connectivity index (χ1v) is 6.91. The summed E-state index contributed by atoms with van der Waals surface area (Å²) in [6.07, 6.45) is -0.180. The molecule has 1 atom stereocenters. The SMILES string of the molecule is C[C@H](OC(=O)COc1ccc(C=O)cc1)C(=O)NC(C)(C)C. The fourth-order valence-corrected chi connectivity index (χ4v) is 1.54. The molecule has 0 unspecified atom stereocenters. The van der Waals surface area contributed by atoms with E-state index in [9.17, 15) is 14.4 Å². The summed E-state index contributed by atoms with van der Waals surface area (Å²) < 4.78 is 10.2. The van der Waals surface area contributed by atoms with Crippen molar-refractivity contribution < 1.29 is 23.9 Å². The van der Waals surface area contributed by atoms with Gasteiger partial charge >= 0.3 is 5.97 Å². The maximum absolute atomic E-state index is 11.8. The Labute approximate surface area is 129 Å². The van der Waals surface area contributed by atoms with Crippen LogP contribution in [0.3, 0.4) is 0 Å². The number of hydrogen-bond donors (Lipinski definition) is 1. The molecule has 0 aliphatic heterocycles. The number of aldehydes is 1. The summed E-state index contributed by atoms with van der Waals surface area (Å²) >= 11 is 0. The van der Waals surface area contributed by atoms with E-state index in [4.69, 9.17) is 9.47 Å². The van der Waals surface area contributed by atoms with Gasteiger partial charge in [-0.25, -0.2) is 4.79 Å². The summed E-state index contributed by atoms with van der Waals surface area (Å²) in [5.41, 5.74) is 0.122. The summed E-state index contributed by atoms with van der Waals surface area (Å²) in [5, 5.41) is 2.72. The summed E-state index contributed by atoms with van der Waals surface area (Å²) in [4.78, 5) is 33.9. The molecule has 1 aromatic carbocycles. The van der Waals surface area contributed by atoms with Gasteiger partial charge in [-0.2, -0.15) is 0 Å². The quantitative estimate of drug-likeness (QED) is 0.639. The lowest BCUT2D eigenvalue weighted by molar-refractivity contribution is -0.157. The predicted molar refractivity (Wildman–Crippen MR) is 80.8 cm³/mol. The van der Waals surface area contributed by atoms with Crippen LogP contribution in [0.25, 0.3) is 0 Å². The van der Waals surface area contributed by atoms with Crippen LogP contribution in [-0.4, -0.2) is 36.4 Å². The highest BCUT2D eigenvalue weighted by Gasteiger charge is 2.22. The number of rotatable bonds is 6. The van der Waals surface area contributed by atoms with Crippen LogP contribution in [-0.2, 0) is 14.3 Å². The second kappa shape index (κ2) is 7.59. The maximum Gasteiger partial charge on any atom is 0.344 e. The Morgan fingerprint density at radius 2 is 1.82 bits per heavy atom. The van der Waals surface area contributed by atoms with E-state index in [1.165, 1.54) is 6.92 Å². The predicted octanol–water partition coefficient (Wildman–Crippen LogP) is 1.72. The molecule has 0 heterocycles. The zero-order valence-corrected chi connectivity index (χ0v) is 13.2. The normalized spacial score (nSPS) is 12.2. The molecule has 0 aliphatic carbocycles. The van der Waals surface area contributed by atoms with Crippen molar-refractivity contribution in [1.82, 2.24) is 5.32 Å². The summed E-state index contributed by atoms with van der Waals surface area (Å²) in [5.74, 6) is -0.568. The van der Waals surface area contributed by atoms with Gasteiger partial charge in [-0.3, -0.25) is 9.59 Å². The third-order valence-corrected chi connectivity index (χ3v) is 2.55. The van der Waals surface area contributed by atoms with Crippen LogP contribution in [0.4, 0.5) is 0 Å². The molecule has 0 aromatic heterocycles. The average Bonchev–Trinajstić information content (AvgIpc) is 2.43. The number of ether oxygens (including phenoxy) is 2. The Kier molecular flexibility index (Phi) is 6.10. The lowest BCUT2D eigenvalue weighted by atomic mass is 10.1. The zero-order chi connectivity index (χ0) is 16.8. The lowest BCUT2D eigenvalue weighted by Gasteiger charge is -2.23. The molecule has 0 saturated carbocycles. The standard InChI is InChI=1S/C16H21NO5/c1-11(15(20)17-16(2,3)4)22-14(19)10-21-13-7-5-12(9-18)6-8-13/h5-9,11H,10H2,1-4H3,(H,17,20)/t11-/m0/s1. The second-order valence-electron chi connectivity index (χ2n) is 5.85. The van der Waals surface area contributed by atoms with Crippen LogP contribution in [0, 0.1) is 0 Å². The van der Waals surface area contributed by atoms with Crippen LogP contribution in [0.15, 0.2) is 24.3 Å². The number of carbonyl (C=O) groups is 3. The Morgan fingerprint density at radius 3 is 2.32 bits per heavy atom. The maximum atomic E-state index is 11.8. The molecule has 120 valence electrons. The van der Waals surface area contributed by atoms with Gasteiger partial charge in [0.15, 0.2) is 12.7 Å². The van der Waals surface area contributed by atoms with E-state index in [0.29, 0.717) is 17.6 Å². The van der Waals surface area contributed by atoms with Crippen molar-refractivity contribution in [2.24, 2.45) is 0 Å². The number of benzene rings is 1. The minimum atomic E-state index is -0.896. The molecule has 0 aliphatic rings. The van der Waals surface area contributed by atoms with Crippen molar-refractivity contribution in [2.45, 2.75) is 39.3 Å².